The van der Waals surface area contributed by atoms with Gasteiger partial charge in [0.25, 0.3) is 0 Å². The largest absolute Gasteiger partial charge is 0.330 e. The van der Waals surface area contributed by atoms with Crippen molar-refractivity contribution in [3.05, 3.63) is 23.3 Å². The van der Waals surface area contributed by atoms with Crippen LogP contribution in [0.25, 0.3) is 0 Å². The molecule has 2 heterocycles. The minimum absolute atomic E-state index is 0.0560. The van der Waals surface area contributed by atoms with E-state index >= 15 is 0 Å². The molecule has 2 rings (SSSR count). The van der Waals surface area contributed by atoms with Crippen molar-refractivity contribution in [3.63, 3.8) is 0 Å². The zero-order chi connectivity index (χ0) is 10.9. The average molecular weight is 227 g/mol. The molecule has 6 heteroatoms. The van der Waals surface area contributed by atoms with E-state index in [0.29, 0.717) is 24.5 Å². The first-order valence-corrected chi connectivity index (χ1v) is 6.67. The Morgan fingerprint density at radius 2 is 2.20 bits per heavy atom. The monoisotopic (exact) mass is 227 g/mol. The van der Waals surface area contributed by atoms with Gasteiger partial charge in [0.15, 0.2) is 9.84 Å². The number of rotatable bonds is 3. The maximum atomic E-state index is 11.3. The topological polar surface area (TPSA) is 85.9 Å². The van der Waals surface area contributed by atoms with E-state index < -0.39 is 9.84 Å². The molecule has 0 unspecified atom stereocenters. The van der Waals surface area contributed by atoms with E-state index in [1.54, 1.807) is 6.20 Å². The molecule has 0 radical (unpaired) electrons. The molecule has 5 nitrogen and oxygen atoms in total. The molecule has 0 aliphatic carbocycles. The smallest absolute Gasteiger partial charge is 0.160 e. The zero-order valence-electron chi connectivity index (χ0n) is 8.31. The number of hydrogen-bond acceptors (Lipinski definition) is 5. The summed E-state index contributed by atoms with van der Waals surface area (Å²) >= 11 is 0. The van der Waals surface area contributed by atoms with Gasteiger partial charge in [0, 0.05) is 18.2 Å². The van der Waals surface area contributed by atoms with Crippen LogP contribution in [0.3, 0.4) is 0 Å². The van der Waals surface area contributed by atoms with Gasteiger partial charge >= 0.3 is 0 Å². The SMILES string of the molecule is NCCCc1ncc2c(n1)CS(=O)(=O)C2. The van der Waals surface area contributed by atoms with Crippen LogP contribution in [0.5, 0.6) is 0 Å². The summed E-state index contributed by atoms with van der Waals surface area (Å²) < 4.78 is 22.7. The summed E-state index contributed by atoms with van der Waals surface area (Å²) in [4.78, 5) is 8.36. The van der Waals surface area contributed by atoms with Crippen LogP contribution in [-0.4, -0.2) is 24.9 Å². The predicted molar refractivity (Wildman–Crippen MR) is 55.7 cm³/mol. The minimum atomic E-state index is -2.97. The Morgan fingerprint density at radius 1 is 1.40 bits per heavy atom. The van der Waals surface area contributed by atoms with Gasteiger partial charge < -0.3 is 5.73 Å². The summed E-state index contributed by atoms with van der Waals surface area (Å²) in [5.74, 6) is 0.830. The average Bonchev–Trinajstić information content (AvgIpc) is 2.47. The standard InChI is InChI=1S/C9H13N3O2S/c10-3-1-2-9-11-4-7-5-15(13,14)6-8(7)12-9/h4H,1-3,5-6,10H2. The molecule has 0 atom stereocenters. The van der Waals surface area contributed by atoms with Gasteiger partial charge in [-0.2, -0.15) is 0 Å². The van der Waals surface area contributed by atoms with E-state index in [4.69, 9.17) is 5.73 Å². The molecule has 1 aromatic rings. The van der Waals surface area contributed by atoms with Gasteiger partial charge in [-0.05, 0) is 13.0 Å². The highest BCUT2D eigenvalue weighted by Crippen LogP contribution is 2.22. The predicted octanol–water partition coefficient (Wildman–Crippen LogP) is -0.204. The van der Waals surface area contributed by atoms with Crippen molar-refractivity contribution in [3.8, 4) is 0 Å². The van der Waals surface area contributed by atoms with Crippen LogP contribution >= 0.6 is 0 Å². The van der Waals surface area contributed by atoms with Crippen LogP contribution in [0.2, 0.25) is 0 Å². The van der Waals surface area contributed by atoms with E-state index in [0.717, 1.165) is 12.0 Å². The second-order valence-corrected chi connectivity index (χ2v) is 5.75. The Kier molecular flexibility index (Phi) is 2.70. The zero-order valence-corrected chi connectivity index (χ0v) is 9.13. The Bertz CT molecular complexity index is 470. The molecule has 0 spiro atoms. The summed E-state index contributed by atoms with van der Waals surface area (Å²) in [7, 11) is -2.97. The summed E-state index contributed by atoms with van der Waals surface area (Å²) in [6.45, 7) is 0.596. The highest BCUT2D eigenvalue weighted by molar-refractivity contribution is 7.90. The van der Waals surface area contributed by atoms with Crippen molar-refractivity contribution in [2.75, 3.05) is 6.54 Å². The van der Waals surface area contributed by atoms with Crippen LogP contribution < -0.4 is 5.73 Å². The number of nitrogens with two attached hydrogens (primary N) is 1. The lowest BCUT2D eigenvalue weighted by Gasteiger charge is -2.00. The van der Waals surface area contributed by atoms with E-state index in [1.165, 1.54) is 0 Å². The Labute approximate surface area is 88.7 Å². The van der Waals surface area contributed by atoms with E-state index in [-0.39, 0.29) is 11.5 Å². The maximum absolute atomic E-state index is 11.3. The van der Waals surface area contributed by atoms with Gasteiger partial charge in [-0.25, -0.2) is 18.4 Å². The molecule has 2 N–H and O–H groups in total. The van der Waals surface area contributed by atoms with Crippen LogP contribution in [0, 0.1) is 0 Å². The van der Waals surface area contributed by atoms with Gasteiger partial charge in [-0.1, -0.05) is 0 Å². The van der Waals surface area contributed by atoms with Gasteiger partial charge in [-0.15, -0.1) is 0 Å². The van der Waals surface area contributed by atoms with E-state index in [2.05, 4.69) is 9.97 Å². The third-order valence-corrected chi connectivity index (χ3v) is 3.80. The molecule has 82 valence electrons. The fraction of sp³-hybridized carbons (Fsp3) is 0.556. The lowest BCUT2D eigenvalue weighted by molar-refractivity contribution is 0.597. The van der Waals surface area contributed by atoms with E-state index in [9.17, 15) is 8.42 Å². The number of fused-ring (bicyclic) bond motifs is 1. The molecule has 0 bridgehead atoms. The number of nitrogens with zero attached hydrogens (tertiary/aromatic N) is 2. The molecule has 0 fully saturated rings. The van der Waals surface area contributed by atoms with Crippen LogP contribution in [0.1, 0.15) is 23.5 Å². The summed E-state index contributed by atoms with van der Waals surface area (Å²) in [5.41, 5.74) is 6.79. The Morgan fingerprint density at radius 3 is 2.93 bits per heavy atom. The number of sulfone groups is 1. The molecule has 0 amide bonds. The maximum Gasteiger partial charge on any atom is 0.160 e. The van der Waals surface area contributed by atoms with E-state index in [1.807, 2.05) is 0 Å². The molecule has 15 heavy (non-hydrogen) atoms. The minimum Gasteiger partial charge on any atom is -0.330 e. The number of hydrogen-bond donors (Lipinski definition) is 1. The van der Waals surface area contributed by atoms with Gasteiger partial charge in [0.2, 0.25) is 0 Å². The molecular formula is C9H13N3O2S. The highest BCUT2D eigenvalue weighted by atomic mass is 32.2. The molecule has 0 aromatic carbocycles. The Balaban J connectivity index is 2.22. The van der Waals surface area contributed by atoms with Crippen molar-refractivity contribution >= 4 is 9.84 Å². The van der Waals surface area contributed by atoms with Gasteiger partial charge in [0.1, 0.15) is 5.82 Å². The molecule has 0 saturated heterocycles. The molecule has 0 saturated carbocycles. The highest BCUT2D eigenvalue weighted by Gasteiger charge is 2.26. The van der Waals surface area contributed by atoms with Crippen molar-refractivity contribution in [1.82, 2.24) is 9.97 Å². The first kappa shape index (κ1) is 10.5. The fourth-order valence-corrected chi connectivity index (χ4v) is 3.09. The second-order valence-electron chi connectivity index (χ2n) is 3.68. The Hall–Kier alpha value is -1.01. The first-order chi connectivity index (χ1) is 7.11. The van der Waals surface area contributed by atoms with Crippen molar-refractivity contribution in [1.29, 1.82) is 0 Å². The van der Waals surface area contributed by atoms with Crippen LogP contribution in [0.4, 0.5) is 0 Å². The molecule has 1 aromatic heterocycles. The normalized spacial score (nSPS) is 17.7. The van der Waals surface area contributed by atoms with Crippen LogP contribution in [-0.2, 0) is 27.8 Å². The number of aromatic nitrogens is 2. The van der Waals surface area contributed by atoms with Gasteiger partial charge in [-0.3, -0.25) is 0 Å². The third kappa shape index (κ3) is 2.32. The first-order valence-electron chi connectivity index (χ1n) is 4.85. The lowest BCUT2D eigenvalue weighted by atomic mass is 10.2. The summed E-state index contributed by atoms with van der Waals surface area (Å²) in [5, 5.41) is 0. The number of aryl methyl sites for hydroxylation is 1. The van der Waals surface area contributed by atoms with Gasteiger partial charge in [0.05, 0.1) is 17.2 Å². The summed E-state index contributed by atoms with van der Waals surface area (Å²) in [6, 6.07) is 0. The second kappa shape index (κ2) is 3.86. The van der Waals surface area contributed by atoms with Crippen molar-refractivity contribution in [2.24, 2.45) is 5.73 Å². The molecular weight excluding hydrogens is 214 g/mol. The third-order valence-electron chi connectivity index (χ3n) is 2.34. The quantitative estimate of drug-likeness (QED) is 0.772. The molecule has 1 aliphatic rings. The lowest BCUT2D eigenvalue weighted by Crippen LogP contribution is -2.04. The fourth-order valence-electron chi connectivity index (χ4n) is 1.61. The van der Waals surface area contributed by atoms with Crippen molar-refractivity contribution < 1.29 is 8.42 Å². The van der Waals surface area contributed by atoms with Crippen molar-refractivity contribution in [2.45, 2.75) is 24.3 Å². The van der Waals surface area contributed by atoms with Crippen LogP contribution in [0.15, 0.2) is 6.20 Å². The molecule has 1 aliphatic heterocycles. The summed E-state index contributed by atoms with van der Waals surface area (Å²) in [6.07, 6.45) is 3.16.